The lowest BCUT2D eigenvalue weighted by Gasteiger charge is -2.11. The Morgan fingerprint density at radius 2 is 2.05 bits per heavy atom. The predicted molar refractivity (Wildman–Crippen MR) is 88.6 cm³/mol. The van der Waals surface area contributed by atoms with E-state index < -0.39 is 0 Å². The van der Waals surface area contributed by atoms with Gasteiger partial charge in [0.05, 0.1) is 12.7 Å². The molecule has 0 unspecified atom stereocenters. The van der Waals surface area contributed by atoms with Crippen molar-refractivity contribution >= 4 is 44.1 Å². The molecule has 0 saturated carbocycles. The summed E-state index contributed by atoms with van der Waals surface area (Å²) in [6.07, 6.45) is 6.42. The van der Waals surface area contributed by atoms with Gasteiger partial charge in [-0.25, -0.2) is 4.79 Å². The molecule has 0 saturated heterocycles. The zero-order valence-electron chi connectivity index (χ0n) is 12.2. The minimum absolute atomic E-state index is 0.0281. The number of ether oxygens (including phenoxy) is 1. The summed E-state index contributed by atoms with van der Waals surface area (Å²) in [5.74, 6) is -0.371. The first-order valence-corrected chi connectivity index (χ1v) is 9.19. The Kier molecular flexibility index (Phi) is 6.23. The highest BCUT2D eigenvalue weighted by Gasteiger charge is 2.26. The van der Waals surface area contributed by atoms with Gasteiger partial charge in [0.1, 0.15) is 5.00 Å². The van der Waals surface area contributed by atoms with Crippen molar-refractivity contribution in [3.63, 3.8) is 0 Å². The number of esters is 1. The van der Waals surface area contributed by atoms with Gasteiger partial charge in [-0.1, -0.05) is 15.9 Å². The number of carbonyl (C=O) groups is 2. The summed E-state index contributed by atoms with van der Waals surface area (Å²) in [4.78, 5) is 25.2. The molecule has 4 nitrogen and oxygen atoms in total. The molecular formula is C15H20BrNO3S. The average molecular weight is 374 g/mol. The molecule has 6 heteroatoms. The molecule has 1 aromatic heterocycles. The number of methoxy groups -OCH3 is 1. The molecule has 0 aromatic carbocycles. The highest BCUT2D eigenvalue weighted by Crippen LogP contribution is 2.38. The number of nitrogens with one attached hydrogen (secondary N) is 1. The van der Waals surface area contributed by atoms with E-state index in [4.69, 9.17) is 4.74 Å². The monoisotopic (exact) mass is 373 g/mol. The van der Waals surface area contributed by atoms with E-state index in [1.807, 2.05) is 0 Å². The van der Waals surface area contributed by atoms with E-state index in [1.54, 1.807) is 0 Å². The highest BCUT2D eigenvalue weighted by atomic mass is 79.9. The zero-order chi connectivity index (χ0) is 15.2. The quantitative estimate of drug-likeness (QED) is 0.467. The number of anilines is 1. The number of carbonyl (C=O) groups excluding carboxylic acids is 2. The minimum Gasteiger partial charge on any atom is -0.465 e. The van der Waals surface area contributed by atoms with Crippen LogP contribution in [0.5, 0.6) is 0 Å². The Morgan fingerprint density at radius 1 is 1.29 bits per heavy atom. The van der Waals surface area contributed by atoms with Gasteiger partial charge < -0.3 is 10.1 Å². The van der Waals surface area contributed by atoms with Crippen LogP contribution >= 0.6 is 27.3 Å². The largest absolute Gasteiger partial charge is 0.465 e. The van der Waals surface area contributed by atoms with E-state index in [0.29, 0.717) is 17.0 Å². The maximum Gasteiger partial charge on any atom is 0.341 e. The van der Waals surface area contributed by atoms with Crippen molar-refractivity contribution in [3.8, 4) is 0 Å². The third-order valence-electron chi connectivity index (χ3n) is 3.60. The Balaban J connectivity index is 2.16. The third kappa shape index (κ3) is 4.07. The molecule has 0 aliphatic heterocycles. The molecule has 0 bridgehead atoms. The first kappa shape index (κ1) is 16.5. The maximum absolute atomic E-state index is 12.0. The minimum atomic E-state index is -0.342. The topological polar surface area (TPSA) is 55.4 Å². The number of rotatable bonds is 6. The van der Waals surface area contributed by atoms with Gasteiger partial charge >= 0.3 is 5.97 Å². The predicted octanol–water partition coefficient (Wildman–Crippen LogP) is 3.92. The number of halogens is 1. The Morgan fingerprint density at radius 3 is 2.76 bits per heavy atom. The highest BCUT2D eigenvalue weighted by molar-refractivity contribution is 9.09. The van der Waals surface area contributed by atoms with Gasteiger partial charge in [0.25, 0.3) is 0 Å². The summed E-state index contributed by atoms with van der Waals surface area (Å²) in [5, 5.41) is 4.47. The normalized spacial score (nSPS) is 13.6. The molecule has 1 aliphatic rings. The van der Waals surface area contributed by atoms with Crippen LogP contribution in [0.25, 0.3) is 0 Å². The van der Waals surface area contributed by atoms with Gasteiger partial charge in [-0.05, 0) is 44.1 Å². The molecule has 1 aliphatic carbocycles. The second kappa shape index (κ2) is 7.94. The van der Waals surface area contributed by atoms with Gasteiger partial charge in [0.15, 0.2) is 0 Å². The van der Waals surface area contributed by atoms with Crippen molar-refractivity contribution in [3.05, 3.63) is 16.0 Å². The van der Waals surface area contributed by atoms with Crippen LogP contribution in [0.3, 0.4) is 0 Å². The van der Waals surface area contributed by atoms with E-state index in [0.717, 1.165) is 49.4 Å². The van der Waals surface area contributed by atoms with Gasteiger partial charge in [-0.3, -0.25) is 4.79 Å². The molecule has 2 rings (SSSR count). The van der Waals surface area contributed by atoms with Crippen LogP contribution in [-0.2, 0) is 22.4 Å². The summed E-state index contributed by atoms with van der Waals surface area (Å²) in [6, 6.07) is 0. The van der Waals surface area contributed by atoms with Crippen molar-refractivity contribution in [2.45, 2.75) is 44.9 Å². The fourth-order valence-corrected chi connectivity index (χ4v) is 4.23. The summed E-state index contributed by atoms with van der Waals surface area (Å²) in [5.41, 5.74) is 1.65. The lowest BCUT2D eigenvalue weighted by molar-refractivity contribution is -0.116. The summed E-state index contributed by atoms with van der Waals surface area (Å²) < 4.78 is 4.89. The number of amides is 1. The average Bonchev–Trinajstić information content (AvgIpc) is 2.84. The van der Waals surface area contributed by atoms with E-state index in [2.05, 4.69) is 21.2 Å². The Hall–Kier alpha value is -0.880. The molecular weight excluding hydrogens is 354 g/mol. The smallest absolute Gasteiger partial charge is 0.341 e. The lowest BCUT2D eigenvalue weighted by Crippen LogP contribution is -2.14. The number of unbranched alkanes of at least 4 members (excludes halogenated alkanes) is 1. The fraction of sp³-hybridized carbons (Fsp3) is 0.600. The molecule has 1 N–H and O–H groups in total. The Bertz CT molecular complexity index is 527. The zero-order valence-corrected chi connectivity index (χ0v) is 14.6. The molecule has 0 radical (unpaired) electrons. The van der Waals surface area contributed by atoms with Crippen molar-refractivity contribution in [2.24, 2.45) is 0 Å². The lowest BCUT2D eigenvalue weighted by atomic mass is 9.95. The summed E-state index contributed by atoms with van der Waals surface area (Å²) in [7, 11) is 1.39. The SMILES string of the molecule is COC(=O)c1c(NC(=O)CCCCBr)sc2c1CCCC2. The first-order valence-electron chi connectivity index (χ1n) is 7.26. The van der Waals surface area contributed by atoms with Crippen LogP contribution < -0.4 is 5.32 Å². The maximum atomic E-state index is 12.0. The molecule has 0 fully saturated rings. The van der Waals surface area contributed by atoms with Crippen LogP contribution in [0.15, 0.2) is 0 Å². The van der Waals surface area contributed by atoms with Crippen molar-refractivity contribution in [2.75, 3.05) is 17.8 Å². The molecule has 1 aromatic rings. The Labute approximate surface area is 137 Å². The third-order valence-corrected chi connectivity index (χ3v) is 5.37. The van der Waals surface area contributed by atoms with Crippen LogP contribution in [0.4, 0.5) is 5.00 Å². The molecule has 1 heterocycles. The van der Waals surface area contributed by atoms with Crippen LogP contribution in [0, 0.1) is 0 Å². The van der Waals surface area contributed by atoms with Gasteiger partial charge in [0.2, 0.25) is 5.91 Å². The van der Waals surface area contributed by atoms with Crippen LogP contribution in [-0.4, -0.2) is 24.3 Å². The molecule has 0 spiro atoms. The molecule has 1 amide bonds. The second-order valence-corrected chi connectivity index (χ2v) is 7.00. The summed E-state index contributed by atoms with van der Waals surface area (Å²) >= 11 is 4.89. The second-order valence-electron chi connectivity index (χ2n) is 5.10. The van der Waals surface area contributed by atoms with Crippen molar-refractivity contribution < 1.29 is 14.3 Å². The van der Waals surface area contributed by atoms with Gasteiger partial charge in [0, 0.05) is 16.6 Å². The number of hydrogen-bond donors (Lipinski definition) is 1. The first-order chi connectivity index (χ1) is 10.2. The van der Waals surface area contributed by atoms with E-state index in [1.165, 1.54) is 23.3 Å². The summed E-state index contributed by atoms with van der Waals surface area (Å²) in [6.45, 7) is 0. The fourth-order valence-electron chi connectivity index (χ4n) is 2.54. The van der Waals surface area contributed by atoms with E-state index in [-0.39, 0.29) is 11.9 Å². The number of thiophene rings is 1. The number of fused-ring (bicyclic) bond motifs is 1. The molecule has 116 valence electrons. The van der Waals surface area contributed by atoms with Crippen LogP contribution in [0.2, 0.25) is 0 Å². The molecule has 0 atom stereocenters. The van der Waals surface area contributed by atoms with E-state index in [9.17, 15) is 9.59 Å². The molecule has 21 heavy (non-hydrogen) atoms. The van der Waals surface area contributed by atoms with E-state index >= 15 is 0 Å². The number of hydrogen-bond acceptors (Lipinski definition) is 4. The van der Waals surface area contributed by atoms with Gasteiger partial charge in [-0.15, -0.1) is 11.3 Å². The number of alkyl halides is 1. The standard InChI is InChI=1S/C15H20BrNO3S/c1-20-15(19)13-10-6-2-3-7-11(10)21-14(13)17-12(18)8-4-5-9-16/h2-9H2,1H3,(H,17,18). The van der Waals surface area contributed by atoms with Crippen molar-refractivity contribution in [1.29, 1.82) is 0 Å². The number of aryl methyl sites for hydroxylation is 1. The van der Waals surface area contributed by atoms with Gasteiger partial charge in [-0.2, -0.15) is 0 Å². The van der Waals surface area contributed by atoms with Crippen LogP contribution in [0.1, 0.15) is 52.9 Å². The van der Waals surface area contributed by atoms with Crippen molar-refractivity contribution in [1.82, 2.24) is 0 Å².